The molecule has 5 nitrogen and oxygen atoms in total. The summed E-state index contributed by atoms with van der Waals surface area (Å²) >= 11 is 5.69. The van der Waals surface area contributed by atoms with Gasteiger partial charge in [-0.3, -0.25) is 4.79 Å². The van der Waals surface area contributed by atoms with Crippen LogP contribution in [-0.2, 0) is 0 Å². The highest BCUT2D eigenvalue weighted by atomic mass is 32.1. The van der Waals surface area contributed by atoms with Gasteiger partial charge in [0.2, 0.25) is 0 Å². The van der Waals surface area contributed by atoms with E-state index in [-0.39, 0.29) is 5.78 Å². The molecule has 0 aromatic heterocycles. The van der Waals surface area contributed by atoms with Gasteiger partial charge in [-0.25, -0.2) is 0 Å². The number of carbonyl (C=O) groups excluding carboxylic acids is 1. The summed E-state index contributed by atoms with van der Waals surface area (Å²) in [5, 5.41) is 4.02. The number of allylic oxidation sites excluding steroid dienone is 1. The van der Waals surface area contributed by atoms with Gasteiger partial charge in [0.1, 0.15) is 0 Å². The van der Waals surface area contributed by atoms with Gasteiger partial charge < -0.3 is 19.7 Å². The molecule has 0 saturated heterocycles. The van der Waals surface area contributed by atoms with Crippen LogP contribution >= 0.6 is 12.2 Å². The number of rotatable bonds is 9. The second kappa shape index (κ2) is 10.4. The Balaban J connectivity index is 2.18. The largest absolute Gasteiger partial charge is 0.493 e. The third-order valence-corrected chi connectivity index (χ3v) is 5.65. The van der Waals surface area contributed by atoms with Crippen molar-refractivity contribution < 1.29 is 14.3 Å². The number of methoxy groups -OCH3 is 1. The minimum atomic E-state index is -0.435. The highest BCUT2D eigenvalue weighted by molar-refractivity contribution is 7.80. The third-order valence-electron chi connectivity index (χ3n) is 5.31. The molecule has 2 aromatic rings. The van der Waals surface area contributed by atoms with Gasteiger partial charge in [-0.2, -0.15) is 0 Å². The normalized spacial score (nSPS) is 16.2. The third kappa shape index (κ3) is 4.74. The Kier molecular flexibility index (Phi) is 7.69. The molecule has 0 saturated carbocycles. The molecule has 2 aromatic carbocycles. The number of hydrogen-bond acceptors (Lipinski definition) is 4. The molecule has 0 spiro atoms. The molecular formula is C25H30N2O3S. The highest BCUT2D eigenvalue weighted by Gasteiger charge is 2.36. The highest BCUT2D eigenvalue weighted by Crippen LogP contribution is 2.41. The number of ether oxygens (including phenoxy) is 2. The molecule has 1 heterocycles. The molecule has 0 fully saturated rings. The number of benzene rings is 2. The van der Waals surface area contributed by atoms with Crippen molar-refractivity contribution in [2.24, 2.45) is 0 Å². The SMILES string of the molecule is CCCOc1c(OC)cccc1C1NC(=S)N(CCC)C(C)=C1C(=O)c1ccccc1. The monoisotopic (exact) mass is 438 g/mol. The topological polar surface area (TPSA) is 50.8 Å². The minimum Gasteiger partial charge on any atom is -0.493 e. The zero-order valence-electron chi connectivity index (χ0n) is 18.6. The lowest BCUT2D eigenvalue weighted by atomic mass is 9.88. The quantitative estimate of drug-likeness (QED) is 0.425. The summed E-state index contributed by atoms with van der Waals surface area (Å²) in [5.41, 5.74) is 3.02. The zero-order chi connectivity index (χ0) is 22.4. The fourth-order valence-corrected chi connectivity index (χ4v) is 4.17. The van der Waals surface area contributed by atoms with E-state index in [4.69, 9.17) is 21.7 Å². The van der Waals surface area contributed by atoms with Gasteiger partial charge in [-0.15, -0.1) is 0 Å². The average molecular weight is 439 g/mol. The van der Waals surface area contributed by atoms with Crippen LogP contribution in [0.15, 0.2) is 59.8 Å². The number of carbonyl (C=O) groups is 1. The molecular weight excluding hydrogens is 408 g/mol. The van der Waals surface area contributed by atoms with Crippen molar-refractivity contribution in [3.63, 3.8) is 0 Å². The van der Waals surface area contributed by atoms with Crippen LogP contribution < -0.4 is 14.8 Å². The summed E-state index contributed by atoms with van der Waals surface area (Å²) in [4.78, 5) is 15.7. The van der Waals surface area contributed by atoms with Crippen LogP contribution in [0.1, 0.15) is 55.6 Å². The van der Waals surface area contributed by atoms with E-state index in [0.29, 0.717) is 34.4 Å². The van der Waals surface area contributed by atoms with E-state index >= 15 is 0 Å². The Hall–Kier alpha value is -2.86. The Labute approximate surface area is 190 Å². The molecule has 0 bridgehead atoms. The van der Waals surface area contributed by atoms with E-state index in [1.54, 1.807) is 7.11 Å². The second-order valence-electron chi connectivity index (χ2n) is 7.46. The Bertz CT molecular complexity index is 972. The van der Waals surface area contributed by atoms with Crippen molar-refractivity contribution in [2.45, 2.75) is 39.7 Å². The van der Waals surface area contributed by atoms with E-state index in [1.807, 2.05) is 60.4 Å². The van der Waals surface area contributed by atoms with Crippen molar-refractivity contribution in [2.75, 3.05) is 20.3 Å². The standard InChI is InChI=1S/C25H30N2O3S/c1-5-15-27-17(3)21(23(28)18-11-8-7-9-12-18)22(26-25(27)31)19-13-10-14-20(29-4)24(19)30-16-6-2/h7-14,22H,5-6,15-16H2,1-4H3,(H,26,31). The predicted octanol–water partition coefficient (Wildman–Crippen LogP) is 5.28. The molecule has 0 radical (unpaired) electrons. The number of hydrogen-bond donors (Lipinski definition) is 1. The summed E-state index contributed by atoms with van der Waals surface area (Å²) in [5.74, 6) is 1.25. The van der Waals surface area contributed by atoms with Gasteiger partial charge in [-0.05, 0) is 38.0 Å². The van der Waals surface area contributed by atoms with Crippen molar-refractivity contribution in [1.29, 1.82) is 0 Å². The molecule has 0 amide bonds. The average Bonchev–Trinajstić information content (AvgIpc) is 2.80. The molecule has 31 heavy (non-hydrogen) atoms. The first-order valence-electron chi connectivity index (χ1n) is 10.7. The summed E-state index contributed by atoms with van der Waals surface area (Å²) in [7, 11) is 1.62. The van der Waals surface area contributed by atoms with Gasteiger partial charge in [-0.1, -0.05) is 56.3 Å². The van der Waals surface area contributed by atoms with Crippen LogP contribution in [0.4, 0.5) is 0 Å². The van der Waals surface area contributed by atoms with Crippen molar-refractivity contribution in [3.8, 4) is 11.5 Å². The number of para-hydroxylation sites is 1. The molecule has 1 N–H and O–H groups in total. The summed E-state index contributed by atoms with van der Waals surface area (Å²) in [6, 6.07) is 14.7. The number of nitrogens with zero attached hydrogens (tertiary/aromatic N) is 1. The van der Waals surface area contributed by atoms with Crippen molar-refractivity contribution >= 4 is 23.1 Å². The molecule has 1 aliphatic rings. The molecule has 1 aliphatic heterocycles. The van der Waals surface area contributed by atoms with Crippen molar-refractivity contribution in [3.05, 3.63) is 70.9 Å². The summed E-state index contributed by atoms with van der Waals surface area (Å²) < 4.78 is 11.7. The predicted molar refractivity (Wildman–Crippen MR) is 128 cm³/mol. The maximum Gasteiger partial charge on any atom is 0.193 e. The number of nitrogens with one attached hydrogen (secondary N) is 1. The molecule has 164 valence electrons. The molecule has 1 atom stereocenters. The lowest BCUT2D eigenvalue weighted by Gasteiger charge is -2.38. The van der Waals surface area contributed by atoms with Gasteiger partial charge in [0.25, 0.3) is 0 Å². The van der Waals surface area contributed by atoms with Crippen LogP contribution in [0.2, 0.25) is 0 Å². The Morgan fingerprint density at radius 2 is 1.84 bits per heavy atom. The first-order valence-corrected chi connectivity index (χ1v) is 11.1. The van der Waals surface area contributed by atoms with Crippen molar-refractivity contribution in [1.82, 2.24) is 10.2 Å². The number of ketones is 1. The number of thiocarbonyl (C=S) groups is 1. The summed E-state index contributed by atoms with van der Waals surface area (Å²) in [6.45, 7) is 7.42. The van der Waals surface area contributed by atoms with E-state index < -0.39 is 6.04 Å². The van der Waals surface area contributed by atoms with E-state index in [9.17, 15) is 4.79 Å². The lowest BCUT2D eigenvalue weighted by molar-refractivity contribution is 0.102. The van der Waals surface area contributed by atoms with Gasteiger partial charge in [0.05, 0.1) is 19.8 Å². The van der Waals surface area contributed by atoms with Crippen LogP contribution in [-0.4, -0.2) is 36.1 Å². The maximum absolute atomic E-state index is 13.7. The smallest absolute Gasteiger partial charge is 0.193 e. The fraction of sp³-hybridized carbons (Fsp3) is 0.360. The molecule has 1 unspecified atom stereocenters. The zero-order valence-corrected chi connectivity index (χ0v) is 19.4. The van der Waals surface area contributed by atoms with Crippen LogP contribution in [0.3, 0.4) is 0 Å². The molecule has 3 rings (SSSR count). The van der Waals surface area contributed by atoms with Gasteiger partial charge >= 0.3 is 0 Å². The van der Waals surface area contributed by atoms with Gasteiger partial charge in [0, 0.05) is 28.9 Å². The summed E-state index contributed by atoms with van der Waals surface area (Å²) in [6.07, 6.45) is 1.78. The van der Waals surface area contributed by atoms with Crippen LogP contribution in [0.5, 0.6) is 11.5 Å². The Morgan fingerprint density at radius 1 is 1.10 bits per heavy atom. The maximum atomic E-state index is 13.7. The number of Topliss-reactive ketones (excluding diaryl/α,β-unsaturated/α-hetero) is 1. The first-order chi connectivity index (χ1) is 15.0. The fourth-order valence-electron chi connectivity index (χ4n) is 3.83. The van der Waals surface area contributed by atoms with Crippen LogP contribution in [0, 0.1) is 0 Å². The lowest BCUT2D eigenvalue weighted by Crippen LogP contribution is -2.48. The van der Waals surface area contributed by atoms with E-state index in [2.05, 4.69) is 19.2 Å². The Morgan fingerprint density at radius 3 is 2.48 bits per heavy atom. The first kappa shape index (κ1) is 22.8. The molecule has 6 heteroatoms. The van der Waals surface area contributed by atoms with E-state index in [1.165, 1.54) is 0 Å². The second-order valence-corrected chi connectivity index (χ2v) is 7.84. The minimum absolute atomic E-state index is 0.0246. The van der Waals surface area contributed by atoms with Crippen LogP contribution in [0.25, 0.3) is 0 Å². The van der Waals surface area contributed by atoms with E-state index in [0.717, 1.165) is 30.6 Å². The van der Waals surface area contributed by atoms with Gasteiger partial charge in [0.15, 0.2) is 22.4 Å². The molecule has 0 aliphatic carbocycles.